The third kappa shape index (κ3) is 3.94. The van der Waals surface area contributed by atoms with Crippen LogP contribution >= 0.6 is 0 Å². The van der Waals surface area contributed by atoms with Gasteiger partial charge in [-0.05, 0) is 49.8 Å². The second-order valence-corrected chi connectivity index (χ2v) is 8.07. The topological polar surface area (TPSA) is 88.7 Å². The second kappa shape index (κ2) is 8.30. The molecule has 1 fully saturated rings. The molecule has 4 rings (SSSR count). The minimum absolute atomic E-state index is 0.0763. The van der Waals surface area contributed by atoms with Crippen LogP contribution in [-0.2, 0) is 16.1 Å². The Hall–Kier alpha value is -3.16. The van der Waals surface area contributed by atoms with E-state index in [-0.39, 0.29) is 23.5 Å². The SMILES string of the molecule is Cc1cc2ccccc2n2c(=O)n(C[C@@H](C)NC(=O)CCCN3CCCC3=O)nc12. The number of pyridine rings is 1. The van der Waals surface area contributed by atoms with Crippen LogP contribution in [0.25, 0.3) is 16.6 Å². The molecule has 3 heterocycles. The third-order valence-corrected chi connectivity index (χ3v) is 5.60. The molecule has 0 saturated carbocycles. The fourth-order valence-corrected chi connectivity index (χ4v) is 4.13. The van der Waals surface area contributed by atoms with Gasteiger partial charge in [0.05, 0.1) is 12.1 Å². The van der Waals surface area contributed by atoms with Gasteiger partial charge in [0.15, 0.2) is 5.65 Å². The van der Waals surface area contributed by atoms with Crippen molar-refractivity contribution in [1.29, 1.82) is 0 Å². The summed E-state index contributed by atoms with van der Waals surface area (Å²) in [7, 11) is 0. The summed E-state index contributed by atoms with van der Waals surface area (Å²) >= 11 is 0. The normalized spacial score (nSPS) is 15.3. The number of nitrogens with zero attached hydrogens (tertiary/aromatic N) is 4. The Morgan fingerprint density at radius 3 is 2.83 bits per heavy atom. The molecule has 0 spiro atoms. The molecular formula is C22H27N5O3. The van der Waals surface area contributed by atoms with Crippen LogP contribution in [0.15, 0.2) is 35.1 Å². The Morgan fingerprint density at radius 2 is 2.07 bits per heavy atom. The molecular weight excluding hydrogens is 382 g/mol. The molecule has 0 bridgehead atoms. The van der Waals surface area contributed by atoms with Crippen molar-refractivity contribution in [2.45, 2.75) is 52.1 Å². The van der Waals surface area contributed by atoms with Gasteiger partial charge in [-0.3, -0.25) is 9.59 Å². The van der Waals surface area contributed by atoms with E-state index in [1.807, 2.05) is 49.1 Å². The summed E-state index contributed by atoms with van der Waals surface area (Å²) < 4.78 is 3.05. The molecule has 1 saturated heterocycles. The number of para-hydroxylation sites is 1. The third-order valence-electron chi connectivity index (χ3n) is 5.60. The Balaban J connectivity index is 1.41. The molecule has 1 aliphatic rings. The van der Waals surface area contributed by atoms with Gasteiger partial charge in [0, 0.05) is 32.0 Å². The number of rotatable bonds is 7. The van der Waals surface area contributed by atoms with Gasteiger partial charge in [0.2, 0.25) is 11.8 Å². The number of nitrogens with one attached hydrogen (secondary N) is 1. The largest absolute Gasteiger partial charge is 0.352 e. The van der Waals surface area contributed by atoms with E-state index in [4.69, 9.17) is 0 Å². The van der Waals surface area contributed by atoms with E-state index >= 15 is 0 Å². The number of hydrogen-bond donors (Lipinski definition) is 1. The number of fused-ring (bicyclic) bond motifs is 3. The average Bonchev–Trinajstić information content (AvgIpc) is 3.26. The number of aryl methyl sites for hydroxylation is 1. The molecule has 0 aliphatic carbocycles. The maximum absolute atomic E-state index is 13.0. The summed E-state index contributed by atoms with van der Waals surface area (Å²) in [4.78, 5) is 38.7. The fraction of sp³-hybridized carbons (Fsp3) is 0.455. The molecule has 30 heavy (non-hydrogen) atoms. The molecule has 1 aromatic carbocycles. The molecule has 8 heteroatoms. The van der Waals surface area contributed by atoms with Gasteiger partial charge in [-0.1, -0.05) is 18.2 Å². The van der Waals surface area contributed by atoms with Crippen molar-refractivity contribution in [2.24, 2.45) is 0 Å². The van der Waals surface area contributed by atoms with E-state index < -0.39 is 0 Å². The van der Waals surface area contributed by atoms with Crippen LogP contribution in [0.3, 0.4) is 0 Å². The first-order valence-corrected chi connectivity index (χ1v) is 10.5. The van der Waals surface area contributed by atoms with Crippen molar-refractivity contribution in [2.75, 3.05) is 13.1 Å². The lowest BCUT2D eigenvalue weighted by Gasteiger charge is -2.16. The smallest absolute Gasteiger partial charge is 0.350 e. The molecule has 3 aromatic rings. The van der Waals surface area contributed by atoms with Crippen LogP contribution in [0.5, 0.6) is 0 Å². The van der Waals surface area contributed by atoms with Crippen LogP contribution < -0.4 is 11.0 Å². The van der Waals surface area contributed by atoms with Gasteiger partial charge in [0.25, 0.3) is 0 Å². The summed E-state index contributed by atoms with van der Waals surface area (Å²) in [6.45, 7) is 5.52. The van der Waals surface area contributed by atoms with Gasteiger partial charge in [-0.25, -0.2) is 13.9 Å². The Morgan fingerprint density at radius 1 is 1.27 bits per heavy atom. The zero-order valence-electron chi connectivity index (χ0n) is 17.4. The van der Waals surface area contributed by atoms with E-state index in [9.17, 15) is 14.4 Å². The van der Waals surface area contributed by atoms with E-state index in [2.05, 4.69) is 10.4 Å². The molecule has 2 amide bonds. The Bertz CT molecular complexity index is 1160. The highest BCUT2D eigenvalue weighted by Crippen LogP contribution is 2.18. The van der Waals surface area contributed by atoms with E-state index in [1.165, 1.54) is 4.68 Å². The standard InChI is InChI=1S/C22H27N5O3/c1-15-13-17-7-3-4-8-18(17)27-21(15)24-26(22(27)30)14-16(2)23-19(28)9-5-11-25-12-6-10-20(25)29/h3-4,7-8,13,16H,5-6,9-12,14H2,1-2H3,(H,23,28)/t16-/m1/s1. The van der Waals surface area contributed by atoms with Gasteiger partial charge in [0.1, 0.15) is 0 Å². The van der Waals surface area contributed by atoms with Crippen molar-refractivity contribution >= 4 is 28.4 Å². The highest BCUT2D eigenvalue weighted by molar-refractivity contribution is 5.83. The minimum Gasteiger partial charge on any atom is -0.352 e. The zero-order chi connectivity index (χ0) is 21.3. The van der Waals surface area contributed by atoms with Crippen molar-refractivity contribution in [3.8, 4) is 0 Å². The number of benzene rings is 1. The highest BCUT2D eigenvalue weighted by Gasteiger charge is 2.20. The summed E-state index contributed by atoms with van der Waals surface area (Å²) in [5, 5.41) is 8.43. The fourth-order valence-electron chi connectivity index (χ4n) is 4.13. The van der Waals surface area contributed by atoms with Gasteiger partial charge in [-0.15, -0.1) is 5.10 Å². The summed E-state index contributed by atoms with van der Waals surface area (Å²) in [5.74, 6) is 0.102. The van der Waals surface area contributed by atoms with Crippen molar-refractivity contribution in [3.63, 3.8) is 0 Å². The predicted octanol–water partition coefficient (Wildman–Crippen LogP) is 1.86. The van der Waals surface area contributed by atoms with E-state index in [0.29, 0.717) is 38.0 Å². The number of hydrogen-bond acceptors (Lipinski definition) is 4. The first kappa shape index (κ1) is 20.1. The van der Waals surface area contributed by atoms with Gasteiger partial charge >= 0.3 is 5.69 Å². The van der Waals surface area contributed by atoms with Crippen LogP contribution in [0, 0.1) is 6.92 Å². The first-order chi connectivity index (χ1) is 14.4. The molecule has 0 unspecified atom stereocenters. The van der Waals surface area contributed by atoms with E-state index in [0.717, 1.165) is 29.4 Å². The second-order valence-electron chi connectivity index (χ2n) is 8.07. The molecule has 8 nitrogen and oxygen atoms in total. The molecule has 1 N–H and O–H groups in total. The van der Waals surface area contributed by atoms with Crippen molar-refractivity contribution in [3.05, 3.63) is 46.4 Å². The monoisotopic (exact) mass is 409 g/mol. The molecule has 158 valence electrons. The minimum atomic E-state index is -0.236. The van der Waals surface area contributed by atoms with Crippen LogP contribution in [0.2, 0.25) is 0 Å². The number of carbonyl (C=O) groups is 2. The van der Waals surface area contributed by atoms with Crippen LogP contribution in [0.4, 0.5) is 0 Å². The molecule has 0 radical (unpaired) electrons. The van der Waals surface area contributed by atoms with Crippen LogP contribution in [-0.4, -0.2) is 50.0 Å². The zero-order valence-corrected chi connectivity index (χ0v) is 17.4. The number of amides is 2. The number of carbonyl (C=O) groups excluding carboxylic acids is 2. The lowest BCUT2D eigenvalue weighted by Crippen LogP contribution is -2.38. The molecule has 2 aromatic heterocycles. The quantitative estimate of drug-likeness (QED) is 0.645. The lowest BCUT2D eigenvalue weighted by molar-refractivity contribution is -0.128. The van der Waals surface area contributed by atoms with E-state index in [1.54, 1.807) is 4.40 Å². The predicted molar refractivity (Wildman–Crippen MR) is 114 cm³/mol. The summed E-state index contributed by atoms with van der Waals surface area (Å²) in [5.41, 5.74) is 2.17. The van der Waals surface area contributed by atoms with Gasteiger partial charge in [-0.2, -0.15) is 0 Å². The Labute approximate surface area is 174 Å². The number of likely N-dealkylation sites (tertiary alicyclic amines) is 1. The maximum atomic E-state index is 13.0. The summed E-state index contributed by atoms with van der Waals surface area (Å²) in [6.07, 6.45) is 2.53. The number of aromatic nitrogens is 3. The first-order valence-electron chi connectivity index (χ1n) is 10.5. The summed E-state index contributed by atoms with van der Waals surface area (Å²) in [6, 6.07) is 9.52. The Kier molecular flexibility index (Phi) is 5.57. The maximum Gasteiger partial charge on any atom is 0.350 e. The van der Waals surface area contributed by atoms with Crippen LogP contribution in [0.1, 0.15) is 38.2 Å². The highest BCUT2D eigenvalue weighted by atomic mass is 16.2. The molecule has 1 atom stereocenters. The lowest BCUT2D eigenvalue weighted by atomic mass is 10.1. The van der Waals surface area contributed by atoms with Crippen molar-refractivity contribution in [1.82, 2.24) is 24.4 Å². The molecule has 1 aliphatic heterocycles. The van der Waals surface area contributed by atoms with Crippen molar-refractivity contribution < 1.29 is 9.59 Å². The van der Waals surface area contributed by atoms with Gasteiger partial charge < -0.3 is 10.2 Å². The average molecular weight is 409 g/mol.